The summed E-state index contributed by atoms with van der Waals surface area (Å²) in [5.41, 5.74) is 1.06. The summed E-state index contributed by atoms with van der Waals surface area (Å²) < 4.78 is 9.75. The van der Waals surface area contributed by atoms with Crippen molar-refractivity contribution < 1.29 is 20.3 Å². The molecule has 1 fully saturated rings. The van der Waals surface area contributed by atoms with E-state index in [1.807, 2.05) is 19.9 Å². The second-order valence-electron chi connectivity index (χ2n) is 4.63. The highest BCUT2D eigenvalue weighted by molar-refractivity contribution is 7.09. The third-order valence-corrected chi connectivity index (χ3v) is 3.04. The van der Waals surface area contributed by atoms with Gasteiger partial charge in [-0.05, 0) is 20.3 Å². The molecule has 104 valence electrons. The van der Waals surface area contributed by atoms with E-state index >= 15 is 0 Å². The Hall–Kier alpha value is -0.930. The quantitative estimate of drug-likeness (QED) is 0.572. The van der Waals surface area contributed by atoms with Crippen molar-refractivity contribution >= 4 is 21.5 Å². The predicted molar refractivity (Wildman–Crippen MR) is 73.0 cm³/mol. The molecule has 6 heteroatoms. The lowest BCUT2D eigenvalue weighted by Crippen LogP contribution is -2.40. The molecule has 1 aliphatic rings. The maximum Gasteiger partial charge on any atom is 0.416 e. The van der Waals surface area contributed by atoms with Crippen LogP contribution < -0.4 is 0 Å². The monoisotopic (exact) mass is 277 g/mol. The van der Waals surface area contributed by atoms with Crippen LogP contribution in [0.4, 0.5) is 4.79 Å². The highest BCUT2D eigenvalue weighted by Crippen LogP contribution is 2.18. The van der Waals surface area contributed by atoms with E-state index in [4.69, 9.17) is 9.26 Å². The van der Waals surface area contributed by atoms with Crippen molar-refractivity contribution in [1.82, 2.24) is 4.90 Å². The Bertz CT molecular complexity index is 362. The fourth-order valence-corrected chi connectivity index (χ4v) is 1.99. The van der Waals surface area contributed by atoms with Crippen molar-refractivity contribution in [2.75, 3.05) is 13.2 Å². The smallest absolute Gasteiger partial charge is 0.416 e. The minimum atomic E-state index is -0.534. The Balaban J connectivity index is 0.00000324. The number of carbonyl (C=O) groups excluding carboxylic acids is 2. The van der Waals surface area contributed by atoms with E-state index in [9.17, 15) is 9.59 Å². The molecule has 0 radical (unpaired) electrons. The van der Waals surface area contributed by atoms with Crippen LogP contribution in [0.2, 0.25) is 0 Å². The largest absolute Gasteiger partial charge is 0.447 e. The number of ether oxygens (including phenoxy) is 1. The molecule has 0 aromatic rings. The van der Waals surface area contributed by atoms with Gasteiger partial charge in [-0.25, -0.2) is 9.69 Å². The predicted octanol–water partition coefficient (Wildman–Crippen LogP) is 2.38. The zero-order valence-electron chi connectivity index (χ0n) is 11.0. The first-order valence-corrected chi connectivity index (χ1v) is 6.41. The summed E-state index contributed by atoms with van der Waals surface area (Å²) in [6, 6.07) is -0.173. The van der Waals surface area contributed by atoms with E-state index in [-0.39, 0.29) is 25.9 Å². The first kappa shape index (κ1) is 15.1. The number of hydrogen-bond donors (Lipinski definition) is 0. The van der Waals surface area contributed by atoms with Gasteiger partial charge in [0.05, 0.1) is 12.6 Å². The Morgan fingerprint density at radius 1 is 1.78 bits per heavy atom. The lowest BCUT2D eigenvalue weighted by Gasteiger charge is -2.19. The summed E-state index contributed by atoms with van der Waals surface area (Å²) >= 11 is 0. The molecular formula is C12H22NO4P. The summed E-state index contributed by atoms with van der Waals surface area (Å²) in [5.74, 6) is -0.418. The lowest BCUT2D eigenvalue weighted by molar-refractivity contribution is -0.132. The Morgan fingerprint density at radius 3 is 2.94 bits per heavy atom. The molecule has 0 aromatic heterocycles. The van der Waals surface area contributed by atoms with Crippen LogP contribution in [0.5, 0.6) is 0 Å². The van der Waals surface area contributed by atoms with Crippen molar-refractivity contribution in [3.8, 4) is 0 Å². The van der Waals surface area contributed by atoms with Gasteiger partial charge >= 0.3 is 6.09 Å². The number of nitrogens with zero attached hydrogens (tertiary/aromatic N) is 1. The van der Waals surface area contributed by atoms with E-state index in [2.05, 4.69) is 9.47 Å². The first-order valence-electron chi connectivity index (χ1n) is 5.94. The molecule has 1 aliphatic heterocycles. The van der Waals surface area contributed by atoms with Crippen LogP contribution in [-0.4, -0.2) is 36.2 Å². The van der Waals surface area contributed by atoms with E-state index in [1.165, 1.54) is 4.90 Å². The third-order valence-electron chi connectivity index (χ3n) is 2.88. The summed E-state index contributed by atoms with van der Waals surface area (Å²) in [6.07, 6.45) is 2.02. The van der Waals surface area contributed by atoms with Crippen LogP contribution in [0.25, 0.3) is 0 Å². The molecule has 0 spiro atoms. The van der Waals surface area contributed by atoms with Crippen LogP contribution in [0.1, 0.15) is 28.6 Å². The zero-order valence-corrected chi connectivity index (χ0v) is 12.2. The van der Waals surface area contributed by atoms with Gasteiger partial charge in [0, 0.05) is 16.8 Å². The van der Waals surface area contributed by atoms with Gasteiger partial charge < -0.3 is 9.26 Å². The molecular weight excluding hydrogens is 253 g/mol. The number of carbonyl (C=O) groups is 2. The summed E-state index contributed by atoms with van der Waals surface area (Å²) in [6.45, 7) is 6.36. The van der Waals surface area contributed by atoms with Gasteiger partial charge in [0.25, 0.3) is 0 Å². The van der Waals surface area contributed by atoms with Crippen molar-refractivity contribution in [3.05, 3.63) is 11.6 Å². The van der Waals surface area contributed by atoms with E-state index < -0.39 is 6.09 Å². The highest BCUT2D eigenvalue weighted by atomic mass is 31.0. The number of rotatable bonds is 5. The molecule has 18 heavy (non-hydrogen) atoms. The summed E-state index contributed by atoms with van der Waals surface area (Å²) in [5, 5.41) is 0. The molecule has 1 saturated heterocycles. The Morgan fingerprint density at radius 2 is 2.44 bits per heavy atom. The number of hydrogen-bond acceptors (Lipinski definition) is 4. The standard InChI is InChI=1S/C12H20NO4P.H2/c1-8(6-17-18)4-5-9(2)11(14)13-10(3)7-16-12(13)15;/h4,9-10H,5-7,18H2,1-3H3;1H/b8-4-;/t9-,10-;/m0./s1/i;1+2. The van der Waals surface area contributed by atoms with Gasteiger partial charge in [0.15, 0.2) is 0 Å². The third kappa shape index (κ3) is 3.79. The average molecular weight is 277 g/mol. The van der Waals surface area contributed by atoms with Crippen LogP contribution in [0.3, 0.4) is 0 Å². The van der Waals surface area contributed by atoms with Gasteiger partial charge in [0.2, 0.25) is 5.91 Å². The number of cyclic esters (lactones) is 1. The molecule has 0 saturated carbocycles. The van der Waals surface area contributed by atoms with Gasteiger partial charge in [-0.15, -0.1) is 0 Å². The molecule has 0 bridgehead atoms. The van der Waals surface area contributed by atoms with Crippen LogP contribution >= 0.6 is 9.47 Å². The van der Waals surface area contributed by atoms with E-state index in [0.29, 0.717) is 13.0 Å². The SMILES string of the molecule is C/C(=C/C[C@H](C)C(=O)N1C(=O)OC[C@@H]1C)COP.[3HH]. The summed E-state index contributed by atoms with van der Waals surface area (Å²) in [4.78, 5) is 24.7. The second-order valence-corrected chi connectivity index (χ2v) is 4.97. The number of allylic oxidation sites excluding steroid dienone is 1. The lowest BCUT2D eigenvalue weighted by atomic mass is 10.0. The minimum absolute atomic E-state index is 0. The second kappa shape index (κ2) is 6.86. The Kier molecular flexibility index (Phi) is 5.76. The minimum Gasteiger partial charge on any atom is -0.447 e. The zero-order chi connectivity index (χ0) is 13.7. The molecule has 1 unspecified atom stereocenters. The Labute approximate surface area is 111 Å². The number of amides is 2. The van der Waals surface area contributed by atoms with Crippen molar-refractivity contribution in [1.29, 1.82) is 0 Å². The van der Waals surface area contributed by atoms with Gasteiger partial charge in [-0.2, -0.15) is 0 Å². The fraction of sp³-hybridized carbons (Fsp3) is 0.667. The molecule has 5 nitrogen and oxygen atoms in total. The molecule has 1 rings (SSSR count). The number of imide groups is 1. The molecule has 0 aliphatic carbocycles. The molecule has 0 aromatic carbocycles. The van der Waals surface area contributed by atoms with Gasteiger partial charge in [-0.1, -0.05) is 18.6 Å². The van der Waals surface area contributed by atoms with E-state index in [1.54, 1.807) is 6.92 Å². The first-order chi connectivity index (χ1) is 8.47. The molecule has 1 heterocycles. The molecule has 2 amide bonds. The molecule has 3 atom stereocenters. The van der Waals surface area contributed by atoms with Crippen molar-refractivity contribution in [2.45, 2.75) is 33.2 Å². The normalized spacial score (nSPS) is 22.0. The summed E-state index contributed by atoms with van der Waals surface area (Å²) in [7, 11) is 2.19. The maximum absolute atomic E-state index is 12.1. The van der Waals surface area contributed by atoms with Crippen LogP contribution in [0, 0.1) is 5.92 Å². The highest BCUT2D eigenvalue weighted by Gasteiger charge is 2.36. The topological polar surface area (TPSA) is 55.8 Å². The molecule has 0 N–H and O–H groups in total. The maximum atomic E-state index is 12.1. The average Bonchev–Trinajstić information content (AvgIpc) is 2.65. The van der Waals surface area contributed by atoms with Gasteiger partial charge in [0.1, 0.15) is 6.61 Å². The fourth-order valence-electron chi connectivity index (χ4n) is 1.73. The van der Waals surface area contributed by atoms with Crippen molar-refractivity contribution in [3.63, 3.8) is 0 Å². The van der Waals surface area contributed by atoms with Crippen molar-refractivity contribution in [2.24, 2.45) is 5.92 Å². The van der Waals surface area contributed by atoms with Crippen LogP contribution in [0.15, 0.2) is 11.6 Å². The van der Waals surface area contributed by atoms with E-state index in [0.717, 1.165) is 5.57 Å². The van der Waals surface area contributed by atoms with Gasteiger partial charge in [-0.3, -0.25) is 4.79 Å². The van der Waals surface area contributed by atoms with Crippen LogP contribution in [-0.2, 0) is 14.1 Å².